The fourth-order valence-corrected chi connectivity index (χ4v) is 3.73. The zero-order chi connectivity index (χ0) is 16.7. The van der Waals surface area contributed by atoms with Crippen LogP contribution in [0.25, 0.3) is 21.0 Å². The van der Waals surface area contributed by atoms with Gasteiger partial charge in [-0.15, -0.1) is 11.3 Å². The van der Waals surface area contributed by atoms with E-state index in [1.807, 2.05) is 6.92 Å². The molecule has 2 N–H and O–H groups in total. The highest BCUT2D eigenvalue weighted by molar-refractivity contribution is 7.22. The van der Waals surface area contributed by atoms with Crippen LogP contribution in [-0.2, 0) is 6.42 Å². The molecule has 0 aromatic carbocycles. The Morgan fingerprint density at radius 1 is 1.30 bits per heavy atom. The molecule has 3 rings (SSSR count). The van der Waals surface area contributed by atoms with Gasteiger partial charge in [0.25, 0.3) is 0 Å². The molecule has 0 unspecified atom stereocenters. The maximum Gasteiger partial charge on any atom is 0.238 e. The first-order valence-electron chi connectivity index (χ1n) is 7.69. The molecule has 0 saturated heterocycles. The maximum atomic E-state index is 6.38. The number of nitrogens with zero attached hydrogens (tertiary/aromatic N) is 2. The van der Waals surface area contributed by atoms with Gasteiger partial charge in [-0.1, -0.05) is 19.1 Å². The van der Waals surface area contributed by atoms with Gasteiger partial charge in [0.05, 0.1) is 11.9 Å². The van der Waals surface area contributed by atoms with Gasteiger partial charge in [0.1, 0.15) is 15.5 Å². The van der Waals surface area contributed by atoms with E-state index in [9.17, 15) is 0 Å². The standard InChI is InChI=1S/C18H21N3OS/c1-6-9(2)7-13-8-20-17(22-13)16-15(19)14-11(4)10(3)12(5)21-18(14)23-16/h8H,2,6-7,19H2,1,3-5H3. The number of fused-ring (bicyclic) bond motifs is 1. The Bertz CT molecular complexity index is 905. The third-order valence-electron chi connectivity index (χ3n) is 4.35. The number of rotatable bonds is 4. The summed E-state index contributed by atoms with van der Waals surface area (Å²) in [6.07, 6.45) is 3.41. The summed E-state index contributed by atoms with van der Waals surface area (Å²) in [5, 5.41) is 1.02. The molecule has 0 radical (unpaired) electrons. The average Bonchev–Trinajstić information content (AvgIpc) is 3.09. The molecule has 120 valence electrons. The van der Waals surface area contributed by atoms with Crippen molar-refractivity contribution in [3.63, 3.8) is 0 Å². The van der Waals surface area contributed by atoms with Gasteiger partial charge < -0.3 is 10.2 Å². The Balaban J connectivity index is 2.09. The number of nitrogens with two attached hydrogens (primary N) is 1. The quantitative estimate of drug-likeness (QED) is 0.687. The minimum atomic E-state index is 0.569. The Morgan fingerprint density at radius 2 is 2.04 bits per heavy atom. The van der Waals surface area contributed by atoms with Gasteiger partial charge in [0, 0.05) is 17.5 Å². The van der Waals surface area contributed by atoms with Gasteiger partial charge in [-0.05, 0) is 38.3 Å². The first-order valence-corrected chi connectivity index (χ1v) is 8.51. The van der Waals surface area contributed by atoms with Crippen LogP contribution in [0.5, 0.6) is 0 Å². The molecule has 23 heavy (non-hydrogen) atoms. The van der Waals surface area contributed by atoms with Gasteiger partial charge in [-0.25, -0.2) is 9.97 Å². The van der Waals surface area contributed by atoms with Crippen LogP contribution < -0.4 is 5.73 Å². The van der Waals surface area contributed by atoms with Crippen LogP contribution in [0.15, 0.2) is 22.8 Å². The van der Waals surface area contributed by atoms with Gasteiger partial charge in [0.15, 0.2) is 0 Å². The number of oxazole rings is 1. The molecular weight excluding hydrogens is 306 g/mol. The molecule has 0 amide bonds. The van der Waals surface area contributed by atoms with Crippen LogP contribution >= 0.6 is 11.3 Å². The van der Waals surface area contributed by atoms with Gasteiger partial charge >= 0.3 is 0 Å². The van der Waals surface area contributed by atoms with E-state index >= 15 is 0 Å². The molecule has 3 heterocycles. The number of hydrogen-bond acceptors (Lipinski definition) is 5. The van der Waals surface area contributed by atoms with E-state index in [0.717, 1.165) is 38.5 Å². The summed E-state index contributed by atoms with van der Waals surface area (Å²) in [7, 11) is 0. The van der Waals surface area contributed by atoms with E-state index in [0.29, 0.717) is 18.0 Å². The van der Waals surface area contributed by atoms with E-state index in [1.165, 1.54) is 22.5 Å². The fourth-order valence-electron chi connectivity index (χ4n) is 2.59. The van der Waals surface area contributed by atoms with Gasteiger partial charge in [-0.2, -0.15) is 0 Å². The minimum absolute atomic E-state index is 0.569. The fraction of sp³-hybridized carbons (Fsp3) is 0.333. The van der Waals surface area contributed by atoms with E-state index in [2.05, 4.69) is 37.3 Å². The predicted molar refractivity (Wildman–Crippen MR) is 96.9 cm³/mol. The highest BCUT2D eigenvalue weighted by atomic mass is 32.1. The molecule has 3 aromatic heterocycles. The summed E-state index contributed by atoms with van der Waals surface area (Å²) in [4.78, 5) is 10.9. The lowest BCUT2D eigenvalue weighted by molar-refractivity contribution is 0.528. The lowest BCUT2D eigenvalue weighted by atomic mass is 10.1. The summed E-state index contributed by atoms with van der Waals surface area (Å²) < 4.78 is 5.88. The Morgan fingerprint density at radius 3 is 2.74 bits per heavy atom. The lowest BCUT2D eigenvalue weighted by Gasteiger charge is -2.05. The van der Waals surface area contributed by atoms with Crippen LogP contribution in [0.2, 0.25) is 0 Å². The van der Waals surface area contributed by atoms with Crippen molar-refractivity contribution in [2.75, 3.05) is 5.73 Å². The van der Waals surface area contributed by atoms with Crippen molar-refractivity contribution in [1.29, 1.82) is 0 Å². The second-order valence-electron chi connectivity index (χ2n) is 5.88. The molecule has 5 heteroatoms. The first-order chi connectivity index (χ1) is 10.9. The monoisotopic (exact) mass is 327 g/mol. The van der Waals surface area contributed by atoms with Crippen molar-refractivity contribution < 1.29 is 4.42 Å². The van der Waals surface area contributed by atoms with Crippen molar-refractivity contribution in [2.24, 2.45) is 0 Å². The lowest BCUT2D eigenvalue weighted by Crippen LogP contribution is -1.93. The van der Waals surface area contributed by atoms with Gasteiger partial charge in [0.2, 0.25) is 5.89 Å². The normalized spacial score (nSPS) is 11.3. The number of aromatic nitrogens is 2. The van der Waals surface area contributed by atoms with Crippen molar-refractivity contribution >= 4 is 27.2 Å². The van der Waals surface area contributed by atoms with Crippen LogP contribution in [0.1, 0.15) is 35.9 Å². The Hall–Kier alpha value is -2.14. The molecule has 0 saturated carbocycles. The summed E-state index contributed by atoms with van der Waals surface area (Å²) in [6.45, 7) is 12.3. The largest absolute Gasteiger partial charge is 0.440 e. The third kappa shape index (κ3) is 2.65. The van der Waals surface area contributed by atoms with Gasteiger partial charge in [-0.3, -0.25) is 0 Å². The van der Waals surface area contributed by atoms with E-state index < -0.39 is 0 Å². The van der Waals surface area contributed by atoms with Crippen molar-refractivity contribution in [3.8, 4) is 10.8 Å². The van der Waals surface area contributed by atoms with Crippen molar-refractivity contribution in [2.45, 2.75) is 40.5 Å². The number of allylic oxidation sites excluding steroid dienone is 1. The predicted octanol–water partition coefficient (Wildman–Crippen LogP) is 4.97. The average molecular weight is 327 g/mol. The molecule has 0 spiro atoms. The highest BCUT2D eigenvalue weighted by Crippen LogP contribution is 2.42. The molecule has 0 fully saturated rings. The van der Waals surface area contributed by atoms with Crippen LogP contribution in [0.3, 0.4) is 0 Å². The summed E-state index contributed by atoms with van der Waals surface area (Å²) in [5.74, 6) is 1.39. The molecule has 0 aliphatic heterocycles. The van der Waals surface area contributed by atoms with E-state index in [4.69, 9.17) is 10.2 Å². The van der Waals surface area contributed by atoms with Crippen molar-refractivity contribution in [1.82, 2.24) is 9.97 Å². The highest BCUT2D eigenvalue weighted by Gasteiger charge is 2.20. The Kier molecular flexibility index (Phi) is 3.98. The molecular formula is C18H21N3OS. The molecule has 0 atom stereocenters. The van der Waals surface area contributed by atoms with Crippen LogP contribution in [0.4, 0.5) is 5.69 Å². The molecule has 0 aliphatic rings. The number of anilines is 1. The van der Waals surface area contributed by atoms with Crippen LogP contribution in [-0.4, -0.2) is 9.97 Å². The summed E-state index contributed by atoms with van der Waals surface area (Å²) in [5.41, 5.74) is 11.6. The zero-order valence-corrected chi connectivity index (χ0v) is 14.8. The molecule has 0 bridgehead atoms. The van der Waals surface area contributed by atoms with Crippen molar-refractivity contribution in [3.05, 3.63) is 40.9 Å². The molecule has 4 nitrogen and oxygen atoms in total. The number of nitrogen functional groups attached to an aromatic ring is 1. The number of thiophene rings is 1. The summed E-state index contributed by atoms with van der Waals surface area (Å²) in [6, 6.07) is 0. The number of pyridine rings is 1. The number of aryl methyl sites for hydroxylation is 2. The second kappa shape index (κ2) is 5.81. The summed E-state index contributed by atoms with van der Waals surface area (Å²) >= 11 is 1.54. The third-order valence-corrected chi connectivity index (χ3v) is 5.44. The topological polar surface area (TPSA) is 64.9 Å². The first kappa shape index (κ1) is 15.7. The number of hydrogen-bond donors (Lipinski definition) is 1. The molecule has 3 aromatic rings. The van der Waals surface area contributed by atoms with E-state index in [1.54, 1.807) is 6.20 Å². The molecule has 0 aliphatic carbocycles. The second-order valence-corrected chi connectivity index (χ2v) is 6.88. The SMILES string of the molecule is C=C(CC)Cc1cnc(-c2sc3nc(C)c(C)c(C)c3c2N)o1. The van der Waals surface area contributed by atoms with Crippen LogP contribution in [0, 0.1) is 20.8 Å². The van der Waals surface area contributed by atoms with E-state index in [-0.39, 0.29) is 0 Å². The Labute approximate surface area is 140 Å². The zero-order valence-electron chi connectivity index (χ0n) is 14.0. The maximum absolute atomic E-state index is 6.38. The minimum Gasteiger partial charge on any atom is -0.440 e. The smallest absolute Gasteiger partial charge is 0.238 e.